The molecule has 1 aromatic heterocycles. The normalized spacial score (nSPS) is 11.8. The molecule has 6 heteroatoms. The number of hydrogen-bond acceptors (Lipinski definition) is 1. The van der Waals surface area contributed by atoms with Crippen LogP contribution in [0.5, 0.6) is 0 Å². The lowest BCUT2D eigenvalue weighted by Crippen LogP contribution is -2.08. The van der Waals surface area contributed by atoms with Crippen molar-refractivity contribution in [3.63, 3.8) is 0 Å². The SMILES string of the molecule is Cc1ccc(Cn2nc(C(F)(F)F)cc2Cl)cc1. The van der Waals surface area contributed by atoms with Crippen molar-refractivity contribution in [2.75, 3.05) is 0 Å². The Morgan fingerprint density at radius 1 is 1.22 bits per heavy atom. The third-order valence-corrected chi connectivity index (χ3v) is 2.78. The maximum Gasteiger partial charge on any atom is 0.435 e. The summed E-state index contributed by atoms with van der Waals surface area (Å²) in [5.41, 5.74) is 0.959. The molecule has 2 aromatic rings. The van der Waals surface area contributed by atoms with E-state index in [0.717, 1.165) is 21.9 Å². The summed E-state index contributed by atoms with van der Waals surface area (Å²) in [5, 5.41) is 3.43. The highest BCUT2D eigenvalue weighted by Gasteiger charge is 2.34. The van der Waals surface area contributed by atoms with Crippen molar-refractivity contribution in [2.45, 2.75) is 19.6 Å². The molecule has 2 rings (SSSR count). The molecule has 1 aromatic carbocycles. The number of aromatic nitrogens is 2. The Morgan fingerprint density at radius 2 is 1.83 bits per heavy atom. The zero-order valence-electron chi connectivity index (χ0n) is 9.50. The average molecular weight is 275 g/mol. The highest BCUT2D eigenvalue weighted by molar-refractivity contribution is 6.29. The predicted octanol–water partition coefficient (Wildman–Crippen LogP) is 3.91. The van der Waals surface area contributed by atoms with E-state index in [9.17, 15) is 13.2 Å². The quantitative estimate of drug-likeness (QED) is 0.812. The number of benzene rings is 1. The van der Waals surface area contributed by atoms with Gasteiger partial charge in [0.2, 0.25) is 0 Å². The minimum Gasteiger partial charge on any atom is -0.249 e. The van der Waals surface area contributed by atoms with Gasteiger partial charge < -0.3 is 0 Å². The maximum atomic E-state index is 12.4. The molecule has 0 radical (unpaired) electrons. The zero-order chi connectivity index (χ0) is 13.3. The lowest BCUT2D eigenvalue weighted by atomic mass is 10.1. The molecule has 0 aliphatic carbocycles. The van der Waals surface area contributed by atoms with Crippen molar-refractivity contribution < 1.29 is 13.2 Å². The third-order valence-electron chi connectivity index (χ3n) is 2.47. The van der Waals surface area contributed by atoms with Gasteiger partial charge in [-0.1, -0.05) is 41.4 Å². The van der Waals surface area contributed by atoms with Crippen LogP contribution in [0.1, 0.15) is 16.8 Å². The van der Waals surface area contributed by atoms with Crippen molar-refractivity contribution in [2.24, 2.45) is 0 Å². The second kappa shape index (κ2) is 4.65. The van der Waals surface area contributed by atoms with Gasteiger partial charge in [0.05, 0.1) is 6.54 Å². The van der Waals surface area contributed by atoms with E-state index in [0.29, 0.717) is 0 Å². The molecule has 0 spiro atoms. The fourth-order valence-corrected chi connectivity index (χ4v) is 1.71. The molecule has 0 saturated carbocycles. The molecular formula is C12H10ClF3N2. The van der Waals surface area contributed by atoms with Crippen LogP contribution in [0.4, 0.5) is 13.2 Å². The van der Waals surface area contributed by atoms with Gasteiger partial charge in [0.15, 0.2) is 5.69 Å². The number of hydrogen-bond donors (Lipinski definition) is 0. The lowest BCUT2D eigenvalue weighted by Gasteiger charge is -2.04. The standard InChI is InChI=1S/C12H10ClF3N2/c1-8-2-4-9(5-3-8)7-18-11(13)6-10(17-18)12(14,15)16/h2-6H,7H2,1H3. The number of nitrogens with zero attached hydrogens (tertiary/aromatic N) is 2. The first-order chi connectivity index (χ1) is 8.36. The lowest BCUT2D eigenvalue weighted by molar-refractivity contribution is -0.141. The van der Waals surface area contributed by atoms with Crippen molar-refractivity contribution in [3.05, 3.63) is 52.3 Å². The maximum absolute atomic E-state index is 12.4. The summed E-state index contributed by atoms with van der Waals surface area (Å²) in [6.07, 6.45) is -4.47. The van der Waals surface area contributed by atoms with E-state index >= 15 is 0 Å². The fourth-order valence-electron chi connectivity index (χ4n) is 1.51. The molecule has 0 atom stereocenters. The predicted molar refractivity (Wildman–Crippen MR) is 62.5 cm³/mol. The van der Waals surface area contributed by atoms with Crippen LogP contribution >= 0.6 is 11.6 Å². The molecule has 96 valence electrons. The summed E-state index contributed by atoms with van der Waals surface area (Å²) in [6, 6.07) is 8.27. The highest BCUT2D eigenvalue weighted by atomic mass is 35.5. The Hall–Kier alpha value is -1.49. The van der Waals surface area contributed by atoms with Crippen LogP contribution in [0.15, 0.2) is 30.3 Å². The van der Waals surface area contributed by atoms with Crippen molar-refractivity contribution in [3.8, 4) is 0 Å². The third kappa shape index (κ3) is 2.85. The summed E-state index contributed by atoms with van der Waals surface area (Å²) in [7, 11) is 0. The number of rotatable bonds is 2. The largest absolute Gasteiger partial charge is 0.435 e. The van der Waals surface area contributed by atoms with Gasteiger partial charge in [-0.3, -0.25) is 0 Å². The Kier molecular flexibility index (Phi) is 3.34. The molecule has 0 N–H and O–H groups in total. The average Bonchev–Trinajstić information content (AvgIpc) is 2.63. The Labute approximate surface area is 107 Å². The van der Waals surface area contributed by atoms with Crippen LogP contribution in [-0.2, 0) is 12.7 Å². The van der Waals surface area contributed by atoms with E-state index in [1.807, 2.05) is 31.2 Å². The van der Waals surface area contributed by atoms with Crippen molar-refractivity contribution >= 4 is 11.6 Å². The van der Waals surface area contributed by atoms with E-state index < -0.39 is 11.9 Å². The second-order valence-electron chi connectivity index (χ2n) is 3.99. The summed E-state index contributed by atoms with van der Waals surface area (Å²) >= 11 is 5.73. The molecule has 0 saturated heterocycles. The summed E-state index contributed by atoms with van der Waals surface area (Å²) < 4.78 is 38.4. The molecular weight excluding hydrogens is 265 g/mol. The van der Waals surface area contributed by atoms with Gasteiger partial charge in [0.25, 0.3) is 0 Å². The molecule has 18 heavy (non-hydrogen) atoms. The van der Waals surface area contributed by atoms with Gasteiger partial charge in [-0.15, -0.1) is 0 Å². The van der Waals surface area contributed by atoms with Gasteiger partial charge in [0, 0.05) is 6.07 Å². The van der Waals surface area contributed by atoms with Gasteiger partial charge in [-0.2, -0.15) is 18.3 Å². The first-order valence-electron chi connectivity index (χ1n) is 5.22. The zero-order valence-corrected chi connectivity index (χ0v) is 10.3. The summed E-state index contributed by atoms with van der Waals surface area (Å²) in [5.74, 6) is 0. The topological polar surface area (TPSA) is 17.8 Å². The van der Waals surface area contributed by atoms with Gasteiger partial charge in [-0.05, 0) is 12.5 Å². The van der Waals surface area contributed by atoms with Crippen LogP contribution in [-0.4, -0.2) is 9.78 Å². The smallest absolute Gasteiger partial charge is 0.249 e. The number of halogens is 4. The molecule has 0 aliphatic heterocycles. The Morgan fingerprint density at radius 3 is 2.33 bits per heavy atom. The van der Waals surface area contributed by atoms with Gasteiger partial charge in [0.1, 0.15) is 5.15 Å². The summed E-state index contributed by atoms with van der Waals surface area (Å²) in [4.78, 5) is 0. The minimum atomic E-state index is -4.47. The molecule has 0 fully saturated rings. The molecule has 0 unspecified atom stereocenters. The molecule has 0 aliphatic rings. The first-order valence-corrected chi connectivity index (χ1v) is 5.60. The van der Waals surface area contributed by atoms with E-state index in [1.165, 1.54) is 0 Å². The van der Waals surface area contributed by atoms with Gasteiger partial charge >= 0.3 is 6.18 Å². The van der Waals surface area contributed by atoms with Crippen molar-refractivity contribution in [1.29, 1.82) is 0 Å². The van der Waals surface area contributed by atoms with E-state index in [4.69, 9.17) is 11.6 Å². The van der Waals surface area contributed by atoms with E-state index in [2.05, 4.69) is 5.10 Å². The number of aryl methyl sites for hydroxylation is 1. The summed E-state index contributed by atoms with van der Waals surface area (Å²) in [6.45, 7) is 2.15. The van der Waals surface area contributed by atoms with Crippen LogP contribution in [0.25, 0.3) is 0 Å². The molecule has 1 heterocycles. The van der Waals surface area contributed by atoms with Crippen molar-refractivity contribution in [1.82, 2.24) is 9.78 Å². The van der Waals surface area contributed by atoms with Crippen LogP contribution in [0, 0.1) is 6.92 Å². The minimum absolute atomic E-state index is 0.0251. The van der Waals surface area contributed by atoms with E-state index in [1.54, 1.807) is 0 Å². The highest BCUT2D eigenvalue weighted by Crippen LogP contribution is 2.30. The Balaban J connectivity index is 2.24. The van der Waals surface area contributed by atoms with Crippen LogP contribution in [0.2, 0.25) is 5.15 Å². The fraction of sp³-hybridized carbons (Fsp3) is 0.250. The van der Waals surface area contributed by atoms with Crippen LogP contribution in [0.3, 0.4) is 0 Å². The number of alkyl halides is 3. The first kappa shape index (κ1) is 13.0. The van der Waals surface area contributed by atoms with Crippen LogP contribution < -0.4 is 0 Å². The molecule has 0 amide bonds. The molecule has 2 nitrogen and oxygen atoms in total. The second-order valence-corrected chi connectivity index (χ2v) is 4.38. The van der Waals surface area contributed by atoms with Gasteiger partial charge in [-0.25, -0.2) is 4.68 Å². The molecule has 0 bridgehead atoms. The Bertz CT molecular complexity index is 543. The van der Waals surface area contributed by atoms with E-state index in [-0.39, 0.29) is 11.7 Å². The monoisotopic (exact) mass is 274 g/mol.